The van der Waals surface area contributed by atoms with E-state index in [1.165, 1.54) is 0 Å². The lowest BCUT2D eigenvalue weighted by Crippen LogP contribution is -2.15. The summed E-state index contributed by atoms with van der Waals surface area (Å²) >= 11 is 0. The first kappa shape index (κ1) is 15.1. The molecular formula is C10H8N10O4S. The summed E-state index contributed by atoms with van der Waals surface area (Å²) in [5, 5.41) is 47.9. The van der Waals surface area contributed by atoms with Crippen molar-refractivity contribution in [1.82, 2.24) is 19.1 Å². The molecule has 0 saturated heterocycles. The van der Waals surface area contributed by atoms with E-state index in [0.29, 0.717) is 0 Å². The summed E-state index contributed by atoms with van der Waals surface area (Å²) in [5.41, 5.74) is -0.757. The van der Waals surface area contributed by atoms with Crippen molar-refractivity contribution in [2.24, 2.45) is 20.5 Å². The number of aromatic hydroxyl groups is 2. The molecule has 4 heterocycles. The average molecular weight is 364 g/mol. The molecule has 0 amide bonds. The van der Waals surface area contributed by atoms with Crippen LogP contribution in [0.2, 0.25) is 0 Å². The van der Waals surface area contributed by atoms with E-state index in [4.69, 9.17) is 10.8 Å². The zero-order valence-electron chi connectivity index (χ0n) is 12.3. The molecule has 2 aliphatic rings. The molecule has 0 spiro atoms. The zero-order valence-corrected chi connectivity index (χ0v) is 13.1. The molecule has 128 valence electrons. The highest BCUT2D eigenvalue weighted by Crippen LogP contribution is 2.43. The number of nitrogens with zero attached hydrogens (tertiary/aromatic N) is 8. The second kappa shape index (κ2) is 4.53. The molecule has 25 heavy (non-hydrogen) atoms. The minimum atomic E-state index is -3.98. The highest BCUT2D eigenvalue weighted by atomic mass is 32.2. The molecule has 2 aromatic rings. The first-order valence-electron chi connectivity index (χ1n) is 6.53. The molecule has 0 radical (unpaired) electrons. The van der Waals surface area contributed by atoms with Gasteiger partial charge in [0.2, 0.25) is 11.8 Å². The lowest BCUT2D eigenvalue weighted by Gasteiger charge is -2.12. The van der Waals surface area contributed by atoms with Crippen molar-refractivity contribution in [2.45, 2.75) is 5.25 Å². The average Bonchev–Trinajstić information content (AvgIpc) is 3.21. The summed E-state index contributed by atoms with van der Waals surface area (Å²) < 4.78 is 26.3. The molecule has 2 aromatic heterocycles. The van der Waals surface area contributed by atoms with Crippen LogP contribution in [0.15, 0.2) is 20.5 Å². The quantitative estimate of drug-likeness (QED) is 0.604. The van der Waals surface area contributed by atoms with Crippen LogP contribution in [-0.2, 0) is 9.84 Å². The Kier molecular flexibility index (Phi) is 2.73. The van der Waals surface area contributed by atoms with Crippen LogP contribution in [0.25, 0.3) is 0 Å². The van der Waals surface area contributed by atoms with Crippen LogP contribution in [0, 0.1) is 10.8 Å². The number of azo groups is 2. The van der Waals surface area contributed by atoms with Crippen LogP contribution < -0.4 is 0 Å². The van der Waals surface area contributed by atoms with E-state index in [1.807, 2.05) is 0 Å². The van der Waals surface area contributed by atoms with E-state index in [0.717, 1.165) is 15.4 Å². The van der Waals surface area contributed by atoms with Gasteiger partial charge in [0.25, 0.3) is 23.8 Å². The minimum Gasteiger partial charge on any atom is -0.493 e. The summed E-state index contributed by atoms with van der Waals surface area (Å²) in [4.78, 5) is 7.78. The molecular weight excluding hydrogens is 356 g/mol. The van der Waals surface area contributed by atoms with Gasteiger partial charge in [0, 0.05) is 6.26 Å². The van der Waals surface area contributed by atoms with Crippen molar-refractivity contribution in [3.8, 4) is 11.8 Å². The molecule has 0 atom stereocenters. The smallest absolute Gasteiger partial charge is 0.259 e. The number of hydrogen-bond acceptors (Lipinski definition) is 10. The monoisotopic (exact) mass is 364 g/mol. The zero-order chi connectivity index (χ0) is 18.1. The van der Waals surface area contributed by atoms with Gasteiger partial charge in [0.1, 0.15) is 11.4 Å². The number of rotatable bonds is 3. The van der Waals surface area contributed by atoms with Crippen LogP contribution in [0.3, 0.4) is 0 Å². The lowest BCUT2D eigenvalue weighted by atomic mass is 10.2. The van der Waals surface area contributed by atoms with Crippen molar-refractivity contribution in [3.05, 3.63) is 11.4 Å². The summed E-state index contributed by atoms with van der Waals surface area (Å²) in [6, 6.07) is 0. The summed E-state index contributed by atoms with van der Waals surface area (Å²) in [6.45, 7) is 0. The SMILES string of the molecule is CS(=O)(=O)C(c1nc2n(c1O)C(=N)N=N2)c1nc2n(c1O)C(=N)N=N2. The Labute approximate surface area is 138 Å². The number of fused-ring (bicyclic) bond motifs is 2. The molecule has 2 aliphatic heterocycles. The molecule has 4 rings (SSSR count). The Bertz CT molecular complexity index is 1060. The summed E-state index contributed by atoms with van der Waals surface area (Å²) in [7, 11) is -3.98. The van der Waals surface area contributed by atoms with E-state index in [1.54, 1.807) is 0 Å². The summed E-state index contributed by atoms with van der Waals surface area (Å²) in [6.07, 6.45) is 0.866. The first-order valence-corrected chi connectivity index (χ1v) is 8.49. The van der Waals surface area contributed by atoms with Crippen LogP contribution in [0.5, 0.6) is 11.8 Å². The van der Waals surface area contributed by atoms with E-state index >= 15 is 0 Å². The van der Waals surface area contributed by atoms with Gasteiger partial charge in [-0.3, -0.25) is 10.8 Å². The van der Waals surface area contributed by atoms with Crippen molar-refractivity contribution < 1.29 is 18.6 Å². The second-order valence-corrected chi connectivity index (χ2v) is 7.30. The van der Waals surface area contributed by atoms with Gasteiger partial charge in [0.15, 0.2) is 15.1 Å². The Morgan fingerprint density at radius 2 is 1.28 bits per heavy atom. The van der Waals surface area contributed by atoms with E-state index in [9.17, 15) is 18.6 Å². The third-order valence-corrected chi connectivity index (χ3v) is 4.84. The van der Waals surface area contributed by atoms with Crippen molar-refractivity contribution >= 4 is 33.7 Å². The Hall–Kier alpha value is -3.49. The maximum absolute atomic E-state index is 12.3. The molecule has 0 bridgehead atoms. The highest BCUT2D eigenvalue weighted by Gasteiger charge is 2.40. The van der Waals surface area contributed by atoms with Crippen molar-refractivity contribution in [2.75, 3.05) is 6.26 Å². The van der Waals surface area contributed by atoms with E-state index in [2.05, 4.69) is 30.4 Å². The molecule has 0 aliphatic carbocycles. The maximum Gasteiger partial charge on any atom is 0.259 e. The van der Waals surface area contributed by atoms with Crippen molar-refractivity contribution in [3.63, 3.8) is 0 Å². The first-order chi connectivity index (χ1) is 11.7. The van der Waals surface area contributed by atoms with Crippen molar-refractivity contribution in [1.29, 1.82) is 10.8 Å². The molecule has 15 heteroatoms. The van der Waals surface area contributed by atoms with Gasteiger partial charge in [-0.15, -0.1) is 20.5 Å². The Morgan fingerprint density at radius 3 is 1.60 bits per heavy atom. The maximum atomic E-state index is 12.3. The van der Waals surface area contributed by atoms with Gasteiger partial charge in [0.05, 0.1) is 0 Å². The number of imidazole rings is 2. The predicted octanol–water partition coefficient (Wildman–Crippen LogP) is 0.385. The van der Waals surface area contributed by atoms with Gasteiger partial charge in [-0.1, -0.05) is 0 Å². The van der Waals surface area contributed by atoms with E-state index in [-0.39, 0.29) is 23.3 Å². The fourth-order valence-electron chi connectivity index (χ4n) is 2.52. The molecule has 4 N–H and O–H groups in total. The highest BCUT2D eigenvalue weighted by molar-refractivity contribution is 7.91. The molecule has 0 fully saturated rings. The van der Waals surface area contributed by atoms with Crippen LogP contribution >= 0.6 is 0 Å². The number of aromatic nitrogens is 4. The second-order valence-electron chi connectivity index (χ2n) is 5.17. The van der Waals surface area contributed by atoms with Gasteiger partial charge in [-0.25, -0.2) is 27.5 Å². The molecule has 0 saturated carbocycles. The topological polar surface area (TPSA) is 207 Å². The van der Waals surface area contributed by atoms with Crippen LogP contribution in [0.1, 0.15) is 16.6 Å². The fraction of sp³-hybridized carbons (Fsp3) is 0.200. The third kappa shape index (κ3) is 1.92. The van der Waals surface area contributed by atoms with Crippen LogP contribution in [-0.4, -0.2) is 55.9 Å². The normalized spacial score (nSPS) is 16.5. The lowest BCUT2D eigenvalue weighted by molar-refractivity contribution is 0.432. The Balaban J connectivity index is 1.97. The standard InChI is InChI=1S/C10H8N10O4S/c1-25(23,24)4(2-5(21)19-7(11)15-17-9(19)13-2)3-6(22)20-8(12)16-18-10(20)14-3/h4,11-12,21-22H,1H3. The Morgan fingerprint density at radius 1 is 0.880 bits per heavy atom. The predicted molar refractivity (Wildman–Crippen MR) is 79.8 cm³/mol. The van der Waals surface area contributed by atoms with Crippen LogP contribution in [0.4, 0.5) is 11.9 Å². The van der Waals surface area contributed by atoms with Gasteiger partial charge in [-0.2, -0.15) is 0 Å². The van der Waals surface area contributed by atoms with Gasteiger partial charge < -0.3 is 10.2 Å². The van der Waals surface area contributed by atoms with E-state index < -0.39 is 38.8 Å². The number of nitrogens with one attached hydrogen (secondary N) is 2. The minimum absolute atomic E-state index is 0.176. The fourth-order valence-corrected chi connectivity index (χ4v) is 3.65. The summed E-state index contributed by atoms with van der Waals surface area (Å²) in [5.74, 6) is -2.56. The number of sulfone groups is 1. The van der Waals surface area contributed by atoms with Gasteiger partial charge in [-0.05, 0) is 0 Å². The largest absolute Gasteiger partial charge is 0.493 e. The van der Waals surface area contributed by atoms with Gasteiger partial charge >= 0.3 is 0 Å². The third-order valence-electron chi connectivity index (χ3n) is 3.54. The molecule has 0 unspecified atom stereocenters. The molecule has 14 nitrogen and oxygen atoms in total. The number of hydrogen-bond donors (Lipinski definition) is 4. The molecule has 0 aromatic carbocycles.